The fraction of sp³-hybridized carbons (Fsp3) is 0.280. The van der Waals surface area contributed by atoms with Crippen molar-refractivity contribution < 1.29 is 29.1 Å². The van der Waals surface area contributed by atoms with Crippen molar-refractivity contribution in [3.8, 4) is 11.4 Å². The lowest BCUT2D eigenvalue weighted by molar-refractivity contribution is -0.386. The molecule has 36 heavy (non-hydrogen) atoms. The van der Waals surface area contributed by atoms with Gasteiger partial charge in [0.25, 0.3) is 5.56 Å². The van der Waals surface area contributed by atoms with E-state index in [1.54, 1.807) is 37.3 Å². The molecule has 1 atom stereocenters. The van der Waals surface area contributed by atoms with E-state index >= 15 is 0 Å². The molecule has 11 heteroatoms. The van der Waals surface area contributed by atoms with Crippen LogP contribution in [0.15, 0.2) is 35.1 Å². The van der Waals surface area contributed by atoms with Gasteiger partial charge in [-0.1, -0.05) is 25.1 Å². The standard InChI is InChI=1S/C25H21N3O8/c1-3-25(32)19-16(12-36-24(25)31)23(30)27-11-15-13(9-10-18(29)35-4-2)14-7-5-6-8-17(14)26-20(15)22(27)21(19)28(33)34/h5-10,32H,3-4,11-12H2,1-2H3/t25-/m0/s1. The molecule has 3 aromatic rings. The summed E-state index contributed by atoms with van der Waals surface area (Å²) in [5, 5.41) is 24.2. The summed E-state index contributed by atoms with van der Waals surface area (Å²) in [6, 6.07) is 7.04. The summed E-state index contributed by atoms with van der Waals surface area (Å²) < 4.78 is 11.2. The second kappa shape index (κ2) is 8.38. The van der Waals surface area contributed by atoms with E-state index in [0.717, 1.165) is 0 Å². The molecule has 1 aromatic carbocycles. The molecule has 2 aliphatic heterocycles. The molecular weight excluding hydrogens is 470 g/mol. The Balaban J connectivity index is 1.88. The van der Waals surface area contributed by atoms with Crippen LogP contribution in [0.5, 0.6) is 0 Å². The molecule has 0 aliphatic carbocycles. The molecule has 0 saturated carbocycles. The summed E-state index contributed by atoms with van der Waals surface area (Å²) in [5.74, 6) is -1.61. The Kier molecular flexibility index (Phi) is 5.44. The lowest BCUT2D eigenvalue weighted by atomic mass is 9.84. The average molecular weight is 491 g/mol. The van der Waals surface area contributed by atoms with Crippen LogP contribution in [0.4, 0.5) is 5.69 Å². The SMILES string of the molecule is CCOC(=O)C=Cc1c2c(nc3ccccc13)-c1c([N+](=O)[O-])c3c(c(=O)n1C2)COC(=O)[C@]3(O)CC. The molecule has 4 heterocycles. The zero-order valence-electron chi connectivity index (χ0n) is 19.4. The molecule has 2 aromatic heterocycles. The summed E-state index contributed by atoms with van der Waals surface area (Å²) in [5.41, 5.74) is -2.43. The van der Waals surface area contributed by atoms with Crippen molar-refractivity contribution in [2.45, 2.75) is 39.0 Å². The van der Waals surface area contributed by atoms with E-state index in [2.05, 4.69) is 4.98 Å². The predicted octanol–water partition coefficient (Wildman–Crippen LogP) is 2.56. The molecule has 0 spiro atoms. The minimum atomic E-state index is -2.35. The number of hydrogen-bond acceptors (Lipinski definition) is 9. The third-order valence-corrected chi connectivity index (χ3v) is 6.58. The number of nitro groups is 1. The smallest absolute Gasteiger partial charge is 0.343 e. The van der Waals surface area contributed by atoms with E-state index in [1.165, 1.54) is 17.6 Å². The highest BCUT2D eigenvalue weighted by molar-refractivity contribution is 5.98. The lowest BCUT2D eigenvalue weighted by Gasteiger charge is -2.31. The Hall–Kier alpha value is -4.38. The van der Waals surface area contributed by atoms with Crippen LogP contribution in [-0.2, 0) is 37.8 Å². The monoisotopic (exact) mass is 491 g/mol. The minimum absolute atomic E-state index is 0.0591. The second-order valence-corrected chi connectivity index (χ2v) is 8.44. The average Bonchev–Trinajstić information content (AvgIpc) is 3.23. The van der Waals surface area contributed by atoms with Crippen LogP contribution in [0.25, 0.3) is 28.4 Å². The first kappa shape index (κ1) is 23.4. The van der Waals surface area contributed by atoms with Crippen molar-refractivity contribution >= 4 is 34.6 Å². The molecular formula is C25H21N3O8. The topological polar surface area (TPSA) is 151 Å². The van der Waals surface area contributed by atoms with Gasteiger partial charge in [-0.3, -0.25) is 19.5 Å². The lowest BCUT2D eigenvalue weighted by Crippen LogP contribution is -2.45. The maximum absolute atomic E-state index is 13.5. The molecule has 0 saturated heterocycles. The Bertz CT molecular complexity index is 1570. The van der Waals surface area contributed by atoms with Gasteiger partial charge in [-0.05, 0) is 31.1 Å². The van der Waals surface area contributed by atoms with Crippen LogP contribution in [0, 0.1) is 10.1 Å². The van der Waals surface area contributed by atoms with E-state index in [4.69, 9.17) is 9.47 Å². The first-order chi connectivity index (χ1) is 17.2. The van der Waals surface area contributed by atoms with Crippen LogP contribution in [0.3, 0.4) is 0 Å². The predicted molar refractivity (Wildman–Crippen MR) is 127 cm³/mol. The normalized spacial score (nSPS) is 18.0. The van der Waals surface area contributed by atoms with Gasteiger partial charge >= 0.3 is 17.6 Å². The first-order valence-electron chi connectivity index (χ1n) is 11.3. The first-order valence-corrected chi connectivity index (χ1v) is 11.3. The van der Waals surface area contributed by atoms with Crippen molar-refractivity contribution in [1.29, 1.82) is 0 Å². The Labute approximate surface area is 203 Å². The van der Waals surface area contributed by atoms with Gasteiger partial charge < -0.3 is 14.6 Å². The van der Waals surface area contributed by atoms with Crippen LogP contribution < -0.4 is 5.56 Å². The number of hydrogen-bond donors (Lipinski definition) is 1. The zero-order chi connectivity index (χ0) is 25.8. The van der Waals surface area contributed by atoms with Gasteiger partial charge in [-0.15, -0.1) is 0 Å². The van der Waals surface area contributed by atoms with Gasteiger partial charge in [-0.25, -0.2) is 14.6 Å². The zero-order valence-corrected chi connectivity index (χ0v) is 19.4. The van der Waals surface area contributed by atoms with E-state index in [0.29, 0.717) is 22.0 Å². The number of aliphatic hydroxyl groups is 1. The third kappa shape index (κ3) is 3.23. The number of rotatable bonds is 5. The molecule has 0 fully saturated rings. The van der Waals surface area contributed by atoms with Gasteiger partial charge in [-0.2, -0.15) is 0 Å². The van der Waals surface area contributed by atoms with Crippen LogP contribution >= 0.6 is 0 Å². The number of carbonyl (C=O) groups is 2. The molecule has 0 bridgehead atoms. The number of para-hydroxylation sites is 1. The van der Waals surface area contributed by atoms with Gasteiger partial charge in [0.1, 0.15) is 18.0 Å². The highest BCUT2D eigenvalue weighted by Gasteiger charge is 2.51. The van der Waals surface area contributed by atoms with Crippen molar-refractivity contribution in [3.05, 3.63) is 73.1 Å². The quantitative estimate of drug-likeness (QED) is 0.192. The molecule has 2 aliphatic rings. The molecule has 5 rings (SSSR count). The minimum Gasteiger partial charge on any atom is -0.463 e. The van der Waals surface area contributed by atoms with E-state index < -0.39 is 40.3 Å². The summed E-state index contributed by atoms with van der Waals surface area (Å²) in [4.78, 5) is 54.4. The Morgan fingerprint density at radius 3 is 2.75 bits per heavy atom. The van der Waals surface area contributed by atoms with Crippen LogP contribution in [0.2, 0.25) is 0 Å². The fourth-order valence-electron chi connectivity index (χ4n) is 4.91. The number of fused-ring (bicyclic) bond motifs is 5. The maximum atomic E-state index is 13.5. The van der Waals surface area contributed by atoms with Crippen molar-refractivity contribution in [3.63, 3.8) is 0 Å². The highest BCUT2D eigenvalue weighted by Crippen LogP contribution is 2.47. The highest BCUT2D eigenvalue weighted by atomic mass is 16.6. The van der Waals surface area contributed by atoms with Gasteiger partial charge in [0, 0.05) is 17.0 Å². The summed E-state index contributed by atoms with van der Waals surface area (Å²) in [6.45, 7) is 2.80. The number of esters is 2. The summed E-state index contributed by atoms with van der Waals surface area (Å²) in [6.07, 6.45) is 2.56. The molecule has 11 nitrogen and oxygen atoms in total. The number of benzene rings is 1. The number of nitrogens with zero attached hydrogens (tertiary/aromatic N) is 3. The summed E-state index contributed by atoms with van der Waals surface area (Å²) >= 11 is 0. The fourth-order valence-corrected chi connectivity index (χ4v) is 4.91. The Morgan fingerprint density at radius 1 is 1.31 bits per heavy atom. The van der Waals surface area contributed by atoms with Gasteiger partial charge in [0.2, 0.25) is 0 Å². The van der Waals surface area contributed by atoms with E-state index in [1.807, 2.05) is 0 Å². The van der Waals surface area contributed by atoms with Crippen molar-refractivity contribution in [2.75, 3.05) is 6.61 Å². The summed E-state index contributed by atoms with van der Waals surface area (Å²) in [7, 11) is 0. The molecule has 0 radical (unpaired) electrons. The van der Waals surface area contributed by atoms with Crippen molar-refractivity contribution in [2.24, 2.45) is 0 Å². The number of pyridine rings is 2. The molecule has 184 valence electrons. The van der Waals surface area contributed by atoms with Crippen LogP contribution in [0.1, 0.15) is 42.5 Å². The third-order valence-electron chi connectivity index (χ3n) is 6.58. The van der Waals surface area contributed by atoms with E-state index in [9.17, 15) is 29.6 Å². The largest absolute Gasteiger partial charge is 0.463 e. The maximum Gasteiger partial charge on any atom is 0.343 e. The Morgan fingerprint density at radius 2 is 2.06 bits per heavy atom. The number of cyclic esters (lactones) is 1. The van der Waals surface area contributed by atoms with Gasteiger partial charge in [0.15, 0.2) is 5.60 Å². The number of ether oxygens (including phenoxy) is 2. The molecule has 0 amide bonds. The van der Waals surface area contributed by atoms with Gasteiger partial charge in [0.05, 0.1) is 34.7 Å². The molecule has 1 N–H and O–H groups in total. The van der Waals surface area contributed by atoms with Crippen molar-refractivity contribution in [1.82, 2.24) is 9.55 Å². The number of carbonyl (C=O) groups excluding carboxylic acids is 2. The van der Waals surface area contributed by atoms with Crippen LogP contribution in [-0.4, -0.2) is 38.1 Å². The van der Waals surface area contributed by atoms with E-state index in [-0.39, 0.29) is 42.1 Å². The number of aromatic nitrogens is 2. The molecule has 0 unspecified atom stereocenters. The second-order valence-electron chi connectivity index (χ2n) is 8.44.